The number of nitrogens with one attached hydrogen (secondary N) is 2. The molecule has 3 aromatic rings. The molecule has 3 nitrogen and oxygen atoms in total. The summed E-state index contributed by atoms with van der Waals surface area (Å²) in [5.74, 6) is 0. The number of benzene rings is 2. The molecule has 0 bridgehead atoms. The topological polar surface area (TPSA) is 44.9 Å². The molecule has 4 heteroatoms. The molecular formula is C16H14N2OS. The van der Waals surface area contributed by atoms with Crippen molar-refractivity contribution in [2.75, 3.05) is 5.32 Å². The molecular weight excluding hydrogens is 268 g/mol. The van der Waals surface area contributed by atoms with Crippen molar-refractivity contribution in [2.45, 2.75) is 6.54 Å². The molecule has 0 radical (unpaired) electrons. The van der Waals surface area contributed by atoms with E-state index in [0.29, 0.717) is 0 Å². The third-order valence-electron chi connectivity index (χ3n) is 3.03. The fraction of sp³-hybridized carbons (Fsp3) is 0.0625. The minimum atomic E-state index is -0.0253. The molecule has 0 aliphatic heterocycles. The lowest BCUT2D eigenvalue weighted by Gasteiger charge is -2.08. The van der Waals surface area contributed by atoms with Crippen LogP contribution in [0.4, 0.5) is 5.69 Å². The van der Waals surface area contributed by atoms with Crippen LogP contribution in [0.3, 0.4) is 0 Å². The Morgan fingerprint density at radius 2 is 1.90 bits per heavy atom. The smallest absolute Gasteiger partial charge is 0.304 e. The van der Waals surface area contributed by atoms with Gasteiger partial charge in [0, 0.05) is 23.2 Å². The Balaban J connectivity index is 1.76. The van der Waals surface area contributed by atoms with Crippen LogP contribution in [0.15, 0.2) is 64.8 Å². The van der Waals surface area contributed by atoms with Gasteiger partial charge in [-0.05, 0) is 17.7 Å². The molecule has 100 valence electrons. The number of thiazole rings is 1. The number of hydrogen-bond acceptors (Lipinski definition) is 3. The summed E-state index contributed by atoms with van der Waals surface area (Å²) in [6.07, 6.45) is 0. The van der Waals surface area contributed by atoms with Crippen molar-refractivity contribution in [2.24, 2.45) is 0 Å². The van der Waals surface area contributed by atoms with E-state index in [2.05, 4.69) is 22.4 Å². The van der Waals surface area contributed by atoms with E-state index in [9.17, 15) is 4.79 Å². The van der Waals surface area contributed by atoms with E-state index >= 15 is 0 Å². The largest absolute Gasteiger partial charge is 0.381 e. The third-order valence-corrected chi connectivity index (χ3v) is 3.70. The summed E-state index contributed by atoms with van der Waals surface area (Å²) < 4.78 is 0. The van der Waals surface area contributed by atoms with Gasteiger partial charge in [0.25, 0.3) is 0 Å². The van der Waals surface area contributed by atoms with Crippen LogP contribution < -0.4 is 10.2 Å². The van der Waals surface area contributed by atoms with Crippen LogP contribution in [0.2, 0.25) is 0 Å². The first-order valence-electron chi connectivity index (χ1n) is 6.37. The van der Waals surface area contributed by atoms with Gasteiger partial charge in [-0.2, -0.15) is 0 Å². The molecule has 0 amide bonds. The number of aromatic nitrogens is 1. The standard InChI is InChI=1S/C16H14N2OS/c19-16-18-15(11-20-16)13-7-4-8-14(9-13)17-10-12-5-2-1-3-6-12/h1-9,11,17H,10H2,(H,18,19). The molecule has 2 N–H and O–H groups in total. The van der Waals surface area contributed by atoms with Crippen LogP contribution in [0, 0.1) is 0 Å². The molecule has 0 saturated heterocycles. The van der Waals surface area contributed by atoms with E-state index in [4.69, 9.17) is 0 Å². The lowest BCUT2D eigenvalue weighted by Crippen LogP contribution is -1.99. The molecule has 0 spiro atoms. The van der Waals surface area contributed by atoms with E-state index in [-0.39, 0.29) is 4.87 Å². The second-order valence-electron chi connectivity index (χ2n) is 4.48. The highest BCUT2D eigenvalue weighted by Gasteiger charge is 2.01. The Bertz CT molecular complexity index is 746. The molecule has 1 heterocycles. The highest BCUT2D eigenvalue weighted by atomic mass is 32.1. The lowest BCUT2D eigenvalue weighted by molar-refractivity contribution is 1.15. The SMILES string of the molecule is O=c1[nH]c(-c2cccc(NCc3ccccc3)c2)cs1. The molecule has 0 saturated carbocycles. The van der Waals surface area contributed by atoms with Crippen molar-refractivity contribution < 1.29 is 0 Å². The molecule has 0 unspecified atom stereocenters. The van der Waals surface area contributed by atoms with Crippen molar-refractivity contribution in [1.29, 1.82) is 0 Å². The summed E-state index contributed by atoms with van der Waals surface area (Å²) in [6, 6.07) is 18.3. The molecule has 0 aliphatic carbocycles. The molecule has 20 heavy (non-hydrogen) atoms. The van der Waals surface area contributed by atoms with Crippen molar-refractivity contribution in [3.63, 3.8) is 0 Å². The summed E-state index contributed by atoms with van der Waals surface area (Å²) in [5, 5.41) is 5.24. The van der Waals surface area contributed by atoms with Gasteiger partial charge in [-0.3, -0.25) is 4.79 Å². The summed E-state index contributed by atoms with van der Waals surface area (Å²) in [6.45, 7) is 0.782. The maximum Gasteiger partial charge on any atom is 0.304 e. The number of aromatic amines is 1. The zero-order chi connectivity index (χ0) is 13.8. The van der Waals surface area contributed by atoms with E-state index in [1.54, 1.807) is 0 Å². The van der Waals surface area contributed by atoms with Crippen molar-refractivity contribution in [3.05, 3.63) is 75.2 Å². The maximum atomic E-state index is 11.2. The van der Waals surface area contributed by atoms with Gasteiger partial charge in [0.2, 0.25) is 0 Å². The Labute approximate surface area is 120 Å². The second-order valence-corrected chi connectivity index (χ2v) is 5.32. The van der Waals surface area contributed by atoms with E-state index in [0.717, 1.165) is 23.5 Å². The minimum absolute atomic E-state index is 0.0253. The van der Waals surface area contributed by atoms with Crippen molar-refractivity contribution >= 4 is 17.0 Å². The summed E-state index contributed by atoms with van der Waals surface area (Å²) in [7, 11) is 0. The predicted octanol–water partition coefficient (Wildman–Crippen LogP) is 3.72. The molecule has 0 fully saturated rings. The Hall–Kier alpha value is -2.33. The van der Waals surface area contributed by atoms with Gasteiger partial charge in [0.05, 0.1) is 5.69 Å². The highest BCUT2D eigenvalue weighted by molar-refractivity contribution is 7.07. The Kier molecular flexibility index (Phi) is 3.65. The van der Waals surface area contributed by atoms with Crippen LogP contribution in [0.1, 0.15) is 5.56 Å². The second kappa shape index (κ2) is 5.75. The average molecular weight is 282 g/mol. The zero-order valence-electron chi connectivity index (χ0n) is 10.8. The minimum Gasteiger partial charge on any atom is -0.381 e. The van der Waals surface area contributed by atoms with E-state index in [1.165, 1.54) is 16.9 Å². The van der Waals surface area contributed by atoms with E-state index in [1.807, 2.05) is 47.8 Å². The predicted molar refractivity (Wildman–Crippen MR) is 84.1 cm³/mol. The molecule has 0 atom stereocenters. The van der Waals surface area contributed by atoms with Gasteiger partial charge in [-0.1, -0.05) is 53.8 Å². The summed E-state index contributed by atoms with van der Waals surface area (Å²) in [4.78, 5) is 14.0. The number of anilines is 1. The number of H-pyrrole nitrogens is 1. The number of hydrogen-bond donors (Lipinski definition) is 2. The van der Waals surface area contributed by atoms with Crippen LogP contribution in [-0.2, 0) is 6.54 Å². The number of rotatable bonds is 4. The van der Waals surface area contributed by atoms with Crippen molar-refractivity contribution in [3.8, 4) is 11.3 Å². The molecule has 0 aliphatic rings. The van der Waals surface area contributed by atoms with Crippen LogP contribution in [-0.4, -0.2) is 4.98 Å². The summed E-state index contributed by atoms with van der Waals surface area (Å²) >= 11 is 1.18. The van der Waals surface area contributed by atoms with Crippen LogP contribution in [0.5, 0.6) is 0 Å². The molecule has 1 aromatic heterocycles. The van der Waals surface area contributed by atoms with Gasteiger partial charge in [-0.15, -0.1) is 0 Å². The fourth-order valence-electron chi connectivity index (χ4n) is 2.02. The fourth-order valence-corrected chi connectivity index (χ4v) is 2.61. The van der Waals surface area contributed by atoms with Crippen LogP contribution >= 0.6 is 11.3 Å². The van der Waals surface area contributed by atoms with Gasteiger partial charge in [0.1, 0.15) is 0 Å². The monoisotopic (exact) mass is 282 g/mol. The lowest BCUT2D eigenvalue weighted by atomic mass is 10.1. The first-order valence-corrected chi connectivity index (χ1v) is 7.25. The van der Waals surface area contributed by atoms with Gasteiger partial charge < -0.3 is 10.3 Å². The average Bonchev–Trinajstić information content (AvgIpc) is 2.93. The zero-order valence-corrected chi connectivity index (χ0v) is 11.6. The quantitative estimate of drug-likeness (QED) is 0.766. The third kappa shape index (κ3) is 2.97. The van der Waals surface area contributed by atoms with E-state index < -0.39 is 0 Å². The highest BCUT2D eigenvalue weighted by Crippen LogP contribution is 2.21. The van der Waals surface area contributed by atoms with Gasteiger partial charge in [0.15, 0.2) is 0 Å². The Morgan fingerprint density at radius 1 is 1.05 bits per heavy atom. The van der Waals surface area contributed by atoms with Gasteiger partial charge >= 0.3 is 4.87 Å². The molecule has 2 aromatic carbocycles. The van der Waals surface area contributed by atoms with Gasteiger partial charge in [-0.25, -0.2) is 0 Å². The first-order chi connectivity index (χ1) is 9.81. The molecule has 3 rings (SSSR count). The Morgan fingerprint density at radius 3 is 2.65 bits per heavy atom. The van der Waals surface area contributed by atoms with Crippen molar-refractivity contribution in [1.82, 2.24) is 4.98 Å². The maximum absolute atomic E-state index is 11.2. The normalized spacial score (nSPS) is 10.4. The first kappa shape index (κ1) is 12.7. The summed E-state index contributed by atoms with van der Waals surface area (Å²) in [5.41, 5.74) is 4.16. The van der Waals surface area contributed by atoms with Crippen LogP contribution in [0.25, 0.3) is 11.3 Å².